The lowest BCUT2D eigenvalue weighted by Crippen LogP contribution is -2.44. The van der Waals surface area contributed by atoms with Crippen molar-refractivity contribution in [1.82, 2.24) is 10.4 Å². The summed E-state index contributed by atoms with van der Waals surface area (Å²) in [5.41, 5.74) is 10.6. The lowest BCUT2D eigenvalue weighted by Gasteiger charge is -2.33. The van der Waals surface area contributed by atoms with Gasteiger partial charge in [0.15, 0.2) is 12.0 Å². The van der Waals surface area contributed by atoms with E-state index in [1.807, 2.05) is 74.3 Å². The van der Waals surface area contributed by atoms with Crippen LogP contribution < -0.4 is 15.7 Å². The van der Waals surface area contributed by atoms with Gasteiger partial charge in [-0.2, -0.15) is 5.48 Å². The smallest absolute Gasteiger partial charge is 0.415 e. The van der Waals surface area contributed by atoms with Crippen LogP contribution >= 0.6 is 8.60 Å². The average Bonchev–Trinajstić information content (AvgIpc) is 3.51. The normalized spacial score (nSPS) is 25.2. The Balaban J connectivity index is 1.22. The molecule has 4 unspecified atom stereocenters. The number of hydrogen-bond donors (Lipinski definition) is 2. The van der Waals surface area contributed by atoms with Gasteiger partial charge in [-0.3, -0.25) is 14.1 Å². The van der Waals surface area contributed by atoms with E-state index in [4.69, 9.17) is 38.4 Å². The van der Waals surface area contributed by atoms with Crippen LogP contribution in [0.15, 0.2) is 78.5 Å². The molecule has 5 rings (SSSR count). The first-order valence-electron chi connectivity index (χ1n) is 14.3. The molecule has 44 heavy (non-hydrogen) atoms. The highest BCUT2D eigenvalue weighted by Gasteiger charge is 2.57. The van der Waals surface area contributed by atoms with Crippen LogP contribution in [-0.4, -0.2) is 66.3 Å². The summed E-state index contributed by atoms with van der Waals surface area (Å²) in [5.74, 6) is -1.33. The molecule has 2 fully saturated rings. The van der Waals surface area contributed by atoms with Crippen LogP contribution in [0.3, 0.4) is 0 Å². The third-order valence-electron chi connectivity index (χ3n) is 7.12. The number of fused-ring (bicyclic) bond motifs is 1. The highest BCUT2D eigenvalue weighted by atomic mass is 31.2. The standard InChI is InChI=1S/C31H38N3O9P/c1-20-12-14-24(15-13-20)42-44(43-33-21(2)30(36)37-18-22-9-6-5-7-10-22)38-19-25-26-27(41-31(3,4)40-26)29(39-25)34-16-8-11-23(17-34)28(32)35/h5-16,21,25-27,29,33H,17-19H2,1-4H3,(H2,32,35)/t21?,25?,26-,27?,29-,44?/m1/s1. The number of nitrogens with two attached hydrogens (primary N) is 1. The molecule has 0 saturated carbocycles. The number of rotatable bonds is 13. The molecule has 1 amide bonds. The van der Waals surface area contributed by atoms with E-state index in [1.165, 1.54) is 0 Å². The van der Waals surface area contributed by atoms with Crippen LogP contribution in [0.25, 0.3) is 0 Å². The number of carbonyl (C=O) groups is 2. The number of nitrogens with zero attached hydrogens (tertiary/aromatic N) is 1. The number of esters is 1. The van der Waals surface area contributed by atoms with E-state index in [2.05, 4.69) is 5.48 Å². The topological polar surface area (TPSA) is 140 Å². The number of nitrogens with one attached hydrogen (secondary N) is 1. The summed E-state index contributed by atoms with van der Waals surface area (Å²) in [5, 5.41) is 0. The number of hydrogen-bond acceptors (Lipinski definition) is 11. The first kappa shape index (κ1) is 32.1. The zero-order chi connectivity index (χ0) is 31.3. The fourth-order valence-electron chi connectivity index (χ4n) is 4.88. The Labute approximate surface area is 258 Å². The summed E-state index contributed by atoms with van der Waals surface area (Å²) >= 11 is 0. The molecule has 3 aliphatic heterocycles. The van der Waals surface area contributed by atoms with E-state index < -0.39 is 56.8 Å². The number of allylic oxidation sites excluding steroid dienone is 2. The highest BCUT2D eigenvalue weighted by molar-refractivity contribution is 7.42. The SMILES string of the molecule is Cc1ccc(OP(OCC2O[C@@H](N3C=CC=C(C(N)=O)C3)C3OC(C)(C)O[C@H]23)ONC(C)C(=O)OCc2ccccc2)cc1. The Morgan fingerprint density at radius 3 is 2.57 bits per heavy atom. The van der Waals surface area contributed by atoms with Crippen molar-refractivity contribution in [2.24, 2.45) is 5.73 Å². The molecule has 12 nitrogen and oxygen atoms in total. The van der Waals surface area contributed by atoms with Crippen molar-refractivity contribution in [3.05, 3.63) is 89.6 Å². The van der Waals surface area contributed by atoms with Gasteiger partial charge in [0, 0.05) is 11.8 Å². The van der Waals surface area contributed by atoms with Gasteiger partial charge in [0.2, 0.25) is 5.91 Å². The summed E-state index contributed by atoms with van der Waals surface area (Å²) < 4.78 is 42.1. The molecule has 0 bridgehead atoms. The maximum Gasteiger partial charge on any atom is 0.415 e. The van der Waals surface area contributed by atoms with Crippen molar-refractivity contribution >= 4 is 20.5 Å². The fourth-order valence-corrected chi connectivity index (χ4v) is 5.83. The van der Waals surface area contributed by atoms with Gasteiger partial charge in [0.1, 0.15) is 36.7 Å². The monoisotopic (exact) mass is 627 g/mol. The van der Waals surface area contributed by atoms with Gasteiger partial charge in [-0.1, -0.05) is 54.1 Å². The highest BCUT2D eigenvalue weighted by Crippen LogP contribution is 2.44. The van der Waals surface area contributed by atoms with Crippen molar-refractivity contribution in [1.29, 1.82) is 0 Å². The minimum Gasteiger partial charge on any atom is -0.460 e. The van der Waals surface area contributed by atoms with Crippen LogP contribution in [-0.2, 0) is 44.3 Å². The molecule has 3 heterocycles. The van der Waals surface area contributed by atoms with Crippen LogP contribution in [0, 0.1) is 6.92 Å². The number of carbonyl (C=O) groups excluding carboxylic acids is 2. The van der Waals surface area contributed by atoms with Crippen LogP contribution in [0.2, 0.25) is 0 Å². The van der Waals surface area contributed by atoms with Crippen molar-refractivity contribution in [2.45, 2.75) is 70.7 Å². The van der Waals surface area contributed by atoms with Gasteiger partial charge in [0.05, 0.1) is 13.2 Å². The lowest BCUT2D eigenvalue weighted by molar-refractivity contribution is -0.204. The van der Waals surface area contributed by atoms with Crippen molar-refractivity contribution in [3.63, 3.8) is 0 Å². The summed E-state index contributed by atoms with van der Waals surface area (Å²) in [6, 6.07) is 16.0. The quantitative estimate of drug-likeness (QED) is 0.191. The van der Waals surface area contributed by atoms with E-state index in [1.54, 1.807) is 31.2 Å². The Morgan fingerprint density at radius 1 is 1.11 bits per heavy atom. The molecule has 13 heteroatoms. The van der Waals surface area contributed by atoms with Gasteiger partial charge in [0.25, 0.3) is 0 Å². The van der Waals surface area contributed by atoms with Gasteiger partial charge < -0.3 is 34.1 Å². The molecule has 6 atom stereocenters. The number of hydroxylamine groups is 1. The summed E-state index contributed by atoms with van der Waals surface area (Å²) in [4.78, 5) is 26.3. The van der Waals surface area contributed by atoms with Gasteiger partial charge in [-0.15, -0.1) is 0 Å². The Kier molecular flexibility index (Phi) is 10.3. The van der Waals surface area contributed by atoms with E-state index in [0.29, 0.717) is 11.3 Å². The molecule has 236 valence electrons. The maximum atomic E-state index is 12.6. The van der Waals surface area contributed by atoms with Gasteiger partial charge >= 0.3 is 14.6 Å². The van der Waals surface area contributed by atoms with Gasteiger partial charge in [-0.25, -0.2) is 4.62 Å². The molecule has 0 radical (unpaired) electrons. The second-order valence-electron chi connectivity index (χ2n) is 11.1. The second kappa shape index (κ2) is 14.2. The number of primary amides is 1. The predicted octanol–water partition coefficient (Wildman–Crippen LogP) is 3.76. The third kappa shape index (κ3) is 8.22. The number of ether oxygens (including phenoxy) is 4. The molecule has 3 N–H and O–H groups in total. The molecular formula is C31H38N3O9P. The number of benzene rings is 2. The lowest BCUT2D eigenvalue weighted by atomic mass is 10.1. The molecule has 0 spiro atoms. The second-order valence-corrected chi connectivity index (χ2v) is 12.2. The number of amides is 1. The zero-order valence-corrected chi connectivity index (χ0v) is 26.0. The largest absolute Gasteiger partial charge is 0.460 e. The minimum atomic E-state index is -2.05. The summed E-state index contributed by atoms with van der Waals surface area (Å²) in [6.45, 7) is 7.69. The molecule has 2 aromatic carbocycles. The summed E-state index contributed by atoms with van der Waals surface area (Å²) in [6.07, 6.45) is 3.20. The van der Waals surface area contributed by atoms with E-state index in [0.717, 1.165) is 11.1 Å². The van der Waals surface area contributed by atoms with Crippen LogP contribution in [0.5, 0.6) is 5.75 Å². The maximum absolute atomic E-state index is 12.6. The van der Waals surface area contributed by atoms with E-state index >= 15 is 0 Å². The molecule has 0 aliphatic carbocycles. The van der Waals surface area contributed by atoms with Gasteiger partial charge in [-0.05, 0) is 51.5 Å². The first-order valence-corrected chi connectivity index (χ1v) is 15.4. The third-order valence-corrected chi connectivity index (χ3v) is 8.10. The summed E-state index contributed by atoms with van der Waals surface area (Å²) in [7, 11) is -2.05. The van der Waals surface area contributed by atoms with Crippen molar-refractivity contribution in [2.75, 3.05) is 13.2 Å². The molecule has 2 aromatic rings. The van der Waals surface area contributed by atoms with Crippen molar-refractivity contribution < 1.29 is 42.2 Å². The molecule has 2 saturated heterocycles. The average molecular weight is 628 g/mol. The Morgan fingerprint density at radius 2 is 1.84 bits per heavy atom. The minimum absolute atomic E-state index is 0.0270. The Hall–Kier alpha value is -3.35. The Bertz CT molecular complexity index is 1350. The van der Waals surface area contributed by atoms with Crippen LogP contribution in [0.4, 0.5) is 0 Å². The molecule has 3 aliphatic rings. The molecular weight excluding hydrogens is 589 g/mol. The van der Waals surface area contributed by atoms with E-state index in [9.17, 15) is 9.59 Å². The zero-order valence-electron chi connectivity index (χ0n) is 25.1. The van der Waals surface area contributed by atoms with E-state index in [-0.39, 0.29) is 19.8 Å². The predicted molar refractivity (Wildman–Crippen MR) is 160 cm³/mol. The fraction of sp³-hybridized carbons (Fsp3) is 0.419. The van der Waals surface area contributed by atoms with Crippen LogP contribution in [0.1, 0.15) is 31.9 Å². The molecule has 0 aromatic heterocycles. The first-order chi connectivity index (χ1) is 21.1. The number of aryl methyl sites for hydroxylation is 1. The van der Waals surface area contributed by atoms with Crippen molar-refractivity contribution in [3.8, 4) is 5.75 Å².